The second-order valence-corrected chi connectivity index (χ2v) is 10.5. The number of likely N-dealkylation sites (tertiary alicyclic amines) is 1. The first-order valence-electron chi connectivity index (χ1n) is 12.3. The van der Waals surface area contributed by atoms with E-state index < -0.39 is 0 Å². The average Bonchev–Trinajstić information content (AvgIpc) is 2.85. The summed E-state index contributed by atoms with van der Waals surface area (Å²) < 4.78 is 0. The van der Waals surface area contributed by atoms with Gasteiger partial charge in [0.1, 0.15) is 5.82 Å². The Hall–Kier alpha value is -1.57. The number of aromatic nitrogens is 1. The summed E-state index contributed by atoms with van der Waals surface area (Å²) in [5, 5.41) is 11.5. The molecule has 2 saturated heterocycles. The fraction of sp³-hybridized carbons (Fsp3) is 0.577. The highest BCUT2D eigenvalue weighted by molar-refractivity contribution is 6.33. The quantitative estimate of drug-likeness (QED) is 0.595. The lowest BCUT2D eigenvalue weighted by Crippen LogP contribution is -2.58. The van der Waals surface area contributed by atoms with Gasteiger partial charge in [0.05, 0.1) is 29.6 Å². The minimum Gasteiger partial charge on any atom is -0.394 e. The van der Waals surface area contributed by atoms with Gasteiger partial charge in [-0.1, -0.05) is 42.3 Å². The second kappa shape index (κ2) is 11.4. The number of anilines is 2. The van der Waals surface area contributed by atoms with E-state index in [0.717, 1.165) is 79.1 Å². The van der Waals surface area contributed by atoms with Crippen molar-refractivity contribution in [3.8, 4) is 0 Å². The van der Waals surface area contributed by atoms with E-state index in [1.165, 1.54) is 0 Å². The molecule has 0 bridgehead atoms. The van der Waals surface area contributed by atoms with E-state index in [-0.39, 0.29) is 12.6 Å². The molecule has 2 aromatic rings. The van der Waals surface area contributed by atoms with E-state index >= 15 is 0 Å². The Morgan fingerprint density at radius 1 is 1.09 bits per heavy atom. The fourth-order valence-electron chi connectivity index (χ4n) is 5.45. The van der Waals surface area contributed by atoms with Crippen molar-refractivity contribution in [3.63, 3.8) is 0 Å². The smallest absolute Gasteiger partial charge is 0.147 e. The van der Waals surface area contributed by atoms with Crippen molar-refractivity contribution in [2.45, 2.75) is 44.3 Å². The molecule has 0 amide bonds. The van der Waals surface area contributed by atoms with E-state index in [4.69, 9.17) is 28.2 Å². The van der Waals surface area contributed by atoms with Gasteiger partial charge in [-0.05, 0) is 43.0 Å². The lowest BCUT2D eigenvalue weighted by atomic mass is 9.96. The summed E-state index contributed by atoms with van der Waals surface area (Å²) in [6, 6.07) is 11.0. The number of aliphatic hydroxyl groups is 1. The fourth-order valence-corrected chi connectivity index (χ4v) is 5.86. The van der Waals surface area contributed by atoms with Crippen molar-refractivity contribution in [3.05, 3.63) is 52.1 Å². The van der Waals surface area contributed by atoms with Gasteiger partial charge in [-0.3, -0.25) is 9.80 Å². The maximum atomic E-state index is 10.1. The van der Waals surface area contributed by atoms with Gasteiger partial charge in [-0.15, -0.1) is 0 Å². The standard InChI is InChI=1S/C26H37Cl2N5O/c1-4-21-17-32(26-24(28)15-23(16-29-26)30(2)3)13-14-33(21)22-9-11-31(12-10-22)25(18-34)19-5-7-20(27)8-6-19/h5-8,15-16,21-22,25,34H,4,9-14,17-18H2,1-3H3/t21-,25?/m0/s1. The highest BCUT2D eigenvalue weighted by atomic mass is 35.5. The summed E-state index contributed by atoms with van der Waals surface area (Å²) in [6.07, 6.45) is 5.25. The van der Waals surface area contributed by atoms with E-state index in [1.807, 2.05) is 55.5 Å². The van der Waals surface area contributed by atoms with Gasteiger partial charge in [0.25, 0.3) is 0 Å². The monoisotopic (exact) mass is 505 g/mol. The molecule has 1 aromatic carbocycles. The molecule has 0 aliphatic carbocycles. The SMILES string of the molecule is CC[C@H]1CN(c2ncc(N(C)C)cc2Cl)CCN1C1CCN(C(CO)c2ccc(Cl)cc2)CC1. The largest absolute Gasteiger partial charge is 0.394 e. The summed E-state index contributed by atoms with van der Waals surface area (Å²) in [5.74, 6) is 0.897. The van der Waals surface area contributed by atoms with Crippen LogP contribution in [0.4, 0.5) is 11.5 Å². The van der Waals surface area contributed by atoms with Gasteiger partial charge in [-0.25, -0.2) is 4.98 Å². The lowest BCUT2D eigenvalue weighted by Gasteiger charge is -2.48. The third-order valence-corrected chi connectivity index (χ3v) is 7.99. The Balaban J connectivity index is 1.37. The molecule has 6 nitrogen and oxygen atoms in total. The predicted octanol–water partition coefficient (Wildman–Crippen LogP) is 4.55. The minimum absolute atomic E-state index is 0.0374. The summed E-state index contributed by atoms with van der Waals surface area (Å²) in [4.78, 5) is 14.2. The zero-order valence-corrected chi connectivity index (χ0v) is 22.0. The average molecular weight is 507 g/mol. The zero-order chi connectivity index (χ0) is 24.2. The van der Waals surface area contributed by atoms with Crippen molar-refractivity contribution in [1.82, 2.24) is 14.8 Å². The van der Waals surface area contributed by atoms with E-state index in [0.29, 0.717) is 12.1 Å². The predicted molar refractivity (Wildman–Crippen MR) is 142 cm³/mol. The maximum absolute atomic E-state index is 10.1. The third-order valence-electron chi connectivity index (χ3n) is 7.46. The zero-order valence-electron chi connectivity index (χ0n) is 20.5. The van der Waals surface area contributed by atoms with Crippen LogP contribution in [0.3, 0.4) is 0 Å². The van der Waals surface area contributed by atoms with Crippen LogP contribution in [-0.2, 0) is 0 Å². The van der Waals surface area contributed by atoms with Crippen LogP contribution >= 0.6 is 23.2 Å². The first kappa shape index (κ1) is 25.5. The van der Waals surface area contributed by atoms with E-state index in [9.17, 15) is 5.11 Å². The molecule has 2 atom stereocenters. The number of pyridine rings is 1. The number of halogens is 2. The van der Waals surface area contributed by atoms with Gasteiger partial charge >= 0.3 is 0 Å². The van der Waals surface area contributed by atoms with Gasteiger partial charge < -0.3 is 14.9 Å². The van der Waals surface area contributed by atoms with Crippen LogP contribution in [0.5, 0.6) is 0 Å². The normalized spacial score (nSPS) is 21.6. The summed E-state index contributed by atoms with van der Waals surface area (Å²) in [5.41, 5.74) is 2.15. The molecule has 0 spiro atoms. The molecule has 3 heterocycles. The van der Waals surface area contributed by atoms with Crippen LogP contribution in [0.25, 0.3) is 0 Å². The molecule has 2 fully saturated rings. The van der Waals surface area contributed by atoms with Crippen LogP contribution in [-0.4, -0.2) is 85.4 Å². The van der Waals surface area contributed by atoms with Crippen molar-refractivity contribution < 1.29 is 5.11 Å². The Bertz CT molecular complexity index is 933. The number of aliphatic hydroxyl groups excluding tert-OH is 1. The Morgan fingerprint density at radius 2 is 1.79 bits per heavy atom. The summed E-state index contributed by atoms with van der Waals surface area (Å²) in [6.45, 7) is 7.32. The van der Waals surface area contributed by atoms with Crippen LogP contribution in [0.1, 0.15) is 37.8 Å². The van der Waals surface area contributed by atoms with Gasteiger partial charge in [0, 0.05) is 63.9 Å². The molecule has 1 unspecified atom stereocenters. The van der Waals surface area contributed by atoms with Gasteiger partial charge in [0.15, 0.2) is 0 Å². The molecule has 34 heavy (non-hydrogen) atoms. The lowest BCUT2D eigenvalue weighted by molar-refractivity contribution is 0.0356. The molecule has 2 aliphatic heterocycles. The molecule has 8 heteroatoms. The highest BCUT2D eigenvalue weighted by Gasteiger charge is 2.35. The van der Waals surface area contributed by atoms with Gasteiger partial charge in [0.2, 0.25) is 0 Å². The Morgan fingerprint density at radius 3 is 2.38 bits per heavy atom. The van der Waals surface area contributed by atoms with Crippen molar-refractivity contribution in [1.29, 1.82) is 0 Å². The molecular formula is C26H37Cl2N5O. The highest BCUT2D eigenvalue weighted by Crippen LogP contribution is 2.32. The number of piperidine rings is 1. The molecule has 1 N–H and O–H groups in total. The first-order chi connectivity index (χ1) is 16.4. The Labute approximate surface area is 214 Å². The number of piperazine rings is 1. The number of benzene rings is 1. The van der Waals surface area contributed by atoms with Crippen molar-refractivity contribution in [2.24, 2.45) is 0 Å². The van der Waals surface area contributed by atoms with E-state index in [1.54, 1.807) is 0 Å². The maximum Gasteiger partial charge on any atom is 0.147 e. The molecule has 186 valence electrons. The molecule has 1 aromatic heterocycles. The number of hydrogen-bond acceptors (Lipinski definition) is 6. The number of hydrogen-bond donors (Lipinski definition) is 1. The molecule has 4 rings (SSSR count). The molecule has 0 saturated carbocycles. The topological polar surface area (TPSA) is 46.1 Å². The molecular weight excluding hydrogens is 469 g/mol. The number of rotatable bonds is 7. The molecule has 0 radical (unpaired) electrons. The first-order valence-corrected chi connectivity index (χ1v) is 13.1. The van der Waals surface area contributed by atoms with Crippen LogP contribution in [0, 0.1) is 0 Å². The van der Waals surface area contributed by atoms with Crippen molar-refractivity contribution >= 4 is 34.7 Å². The minimum atomic E-state index is 0.0374. The van der Waals surface area contributed by atoms with E-state index in [2.05, 4.69) is 21.6 Å². The van der Waals surface area contributed by atoms with Crippen molar-refractivity contribution in [2.75, 3.05) is 63.2 Å². The van der Waals surface area contributed by atoms with Crippen LogP contribution in [0.15, 0.2) is 36.5 Å². The number of nitrogens with zero attached hydrogens (tertiary/aromatic N) is 5. The van der Waals surface area contributed by atoms with Gasteiger partial charge in [-0.2, -0.15) is 0 Å². The Kier molecular flexibility index (Phi) is 8.59. The summed E-state index contributed by atoms with van der Waals surface area (Å²) in [7, 11) is 4.00. The molecule has 2 aliphatic rings. The van der Waals surface area contributed by atoms with Crippen LogP contribution < -0.4 is 9.80 Å². The second-order valence-electron chi connectivity index (χ2n) is 9.66. The third kappa shape index (κ3) is 5.63. The summed E-state index contributed by atoms with van der Waals surface area (Å²) >= 11 is 12.7. The van der Waals surface area contributed by atoms with Crippen LogP contribution in [0.2, 0.25) is 10.0 Å².